The number of nitrogens with one attached hydrogen (secondary N) is 1. The summed E-state index contributed by atoms with van der Waals surface area (Å²) < 4.78 is 38.7. The maximum atomic E-state index is 12.2. The molecule has 0 saturated carbocycles. The third-order valence-corrected chi connectivity index (χ3v) is 5.02. The second-order valence-electron chi connectivity index (χ2n) is 6.04. The molecule has 2 aromatic carbocycles. The van der Waals surface area contributed by atoms with Crippen LogP contribution in [-0.2, 0) is 10.0 Å². The maximum absolute atomic E-state index is 12.2. The molecule has 0 radical (unpaired) electrons. The summed E-state index contributed by atoms with van der Waals surface area (Å²) in [6.45, 7) is 0.129. The molecule has 0 spiro atoms. The predicted molar refractivity (Wildman–Crippen MR) is 103 cm³/mol. The predicted octanol–water partition coefficient (Wildman–Crippen LogP) is 2.09. The first-order chi connectivity index (χ1) is 13.9. The van der Waals surface area contributed by atoms with E-state index in [1.165, 1.54) is 18.3 Å². The van der Waals surface area contributed by atoms with Gasteiger partial charge in [-0.1, -0.05) is 0 Å². The molecule has 9 nitrogen and oxygen atoms in total. The fraction of sp³-hybridized carbons (Fsp3) is 0.0526. The fourth-order valence-electron chi connectivity index (χ4n) is 2.64. The van der Waals surface area contributed by atoms with Gasteiger partial charge in [0.25, 0.3) is 5.91 Å². The highest BCUT2D eigenvalue weighted by molar-refractivity contribution is 7.89. The Morgan fingerprint density at radius 1 is 1.03 bits per heavy atom. The topological polar surface area (TPSA) is 133 Å². The van der Waals surface area contributed by atoms with Crippen LogP contribution in [0.1, 0.15) is 16.1 Å². The summed E-state index contributed by atoms with van der Waals surface area (Å²) in [5, 5.41) is 8.96. The number of rotatable bonds is 5. The van der Waals surface area contributed by atoms with E-state index in [1.807, 2.05) is 0 Å². The van der Waals surface area contributed by atoms with Crippen LogP contribution < -0.4 is 20.0 Å². The highest BCUT2D eigenvalue weighted by atomic mass is 32.2. The number of sulfonamides is 1. The van der Waals surface area contributed by atoms with Crippen LogP contribution in [0.15, 0.2) is 69.0 Å². The molecule has 0 bridgehead atoms. The second kappa shape index (κ2) is 7.41. The molecule has 0 aliphatic carbocycles. The van der Waals surface area contributed by atoms with Crippen LogP contribution in [0.5, 0.6) is 11.5 Å². The summed E-state index contributed by atoms with van der Waals surface area (Å²) in [7, 11) is -3.75. The first-order valence-electron chi connectivity index (χ1n) is 8.36. The van der Waals surface area contributed by atoms with E-state index < -0.39 is 15.9 Å². The molecule has 10 heteroatoms. The molecular weight excluding hydrogens is 398 g/mol. The van der Waals surface area contributed by atoms with Crippen molar-refractivity contribution in [1.29, 1.82) is 0 Å². The number of hydrogen-bond donors (Lipinski definition) is 2. The summed E-state index contributed by atoms with van der Waals surface area (Å²) in [6, 6.07) is 14.2. The van der Waals surface area contributed by atoms with Crippen molar-refractivity contribution in [3.05, 3.63) is 65.9 Å². The Bertz CT molecular complexity index is 1200. The molecule has 1 aromatic heterocycles. The SMILES string of the molecule is NS(=O)(=O)c1ccc(-c2ccc(/C=N\NC(=O)c3ccc4c(c3)OCO4)o2)cc1. The summed E-state index contributed by atoms with van der Waals surface area (Å²) >= 11 is 0. The van der Waals surface area contributed by atoms with Crippen molar-refractivity contribution in [2.45, 2.75) is 4.90 Å². The van der Waals surface area contributed by atoms with Crippen molar-refractivity contribution in [1.82, 2.24) is 5.43 Å². The molecule has 148 valence electrons. The lowest BCUT2D eigenvalue weighted by atomic mass is 10.2. The lowest BCUT2D eigenvalue weighted by Crippen LogP contribution is -2.17. The molecule has 4 rings (SSSR count). The van der Waals surface area contributed by atoms with Gasteiger partial charge in [0, 0.05) is 11.1 Å². The third kappa shape index (κ3) is 4.13. The van der Waals surface area contributed by atoms with Crippen LogP contribution in [0.4, 0.5) is 0 Å². The Hall–Kier alpha value is -3.63. The Morgan fingerprint density at radius 2 is 1.79 bits per heavy atom. The average Bonchev–Trinajstić information content (AvgIpc) is 3.36. The molecule has 1 amide bonds. The monoisotopic (exact) mass is 413 g/mol. The molecule has 1 aliphatic rings. The van der Waals surface area contributed by atoms with Gasteiger partial charge in [-0.15, -0.1) is 0 Å². The van der Waals surface area contributed by atoms with E-state index >= 15 is 0 Å². The summed E-state index contributed by atoms with van der Waals surface area (Å²) in [6.07, 6.45) is 1.35. The molecule has 29 heavy (non-hydrogen) atoms. The maximum Gasteiger partial charge on any atom is 0.271 e. The highest BCUT2D eigenvalue weighted by Crippen LogP contribution is 2.32. The van der Waals surface area contributed by atoms with Crippen molar-refractivity contribution in [2.75, 3.05) is 6.79 Å². The van der Waals surface area contributed by atoms with Crippen molar-refractivity contribution < 1.29 is 27.1 Å². The lowest BCUT2D eigenvalue weighted by molar-refractivity contribution is 0.0954. The van der Waals surface area contributed by atoms with Gasteiger partial charge >= 0.3 is 0 Å². The van der Waals surface area contributed by atoms with Crippen molar-refractivity contribution in [2.24, 2.45) is 10.2 Å². The number of fused-ring (bicyclic) bond motifs is 1. The van der Waals surface area contributed by atoms with E-state index in [0.717, 1.165) is 0 Å². The van der Waals surface area contributed by atoms with Crippen LogP contribution in [0, 0.1) is 0 Å². The Kier molecular flexibility index (Phi) is 4.79. The Balaban J connectivity index is 1.41. The van der Waals surface area contributed by atoms with Gasteiger partial charge in [0.2, 0.25) is 16.8 Å². The molecular formula is C19H15N3O6S. The van der Waals surface area contributed by atoms with E-state index in [0.29, 0.717) is 34.1 Å². The van der Waals surface area contributed by atoms with Gasteiger partial charge in [0.1, 0.15) is 11.5 Å². The van der Waals surface area contributed by atoms with Crippen molar-refractivity contribution in [3.8, 4) is 22.8 Å². The second-order valence-corrected chi connectivity index (χ2v) is 7.60. The number of carbonyl (C=O) groups excluding carboxylic acids is 1. The number of hydrazone groups is 1. The number of furan rings is 1. The quantitative estimate of drug-likeness (QED) is 0.486. The number of hydrogen-bond acceptors (Lipinski definition) is 7. The standard InChI is InChI=1S/C19H15N3O6S/c20-29(24,25)15-5-1-12(2-6-15)16-8-4-14(28-16)10-21-22-19(23)13-3-7-17-18(9-13)27-11-26-17/h1-10H,11H2,(H,22,23)(H2,20,24,25)/b21-10-. The molecule has 0 fully saturated rings. The smallest absolute Gasteiger partial charge is 0.271 e. The minimum atomic E-state index is -3.75. The molecule has 2 heterocycles. The zero-order valence-corrected chi connectivity index (χ0v) is 15.7. The summed E-state index contributed by atoms with van der Waals surface area (Å²) in [5.74, 6) is 1.59. The van der Waals surface area contributed by atoms with Crippen LogP contribution >= 0.6 is 0 Å². The number of ether oxygens (including phenoxy) is 2. The van der Waals surface area contributed by atoms with E-state index in [1.54, 1.807) is 42.5 Å². The molecule has 3 aromatic rings. The van der Waals surface area contributed by atoms with Gasteiger partial charge in [-0.2, -0.15) is 5.10 Å². The van der Waals surface area contributed by atoms with Crippen molar-refractivity contribution >= 4 is 22.1 Å². The first-order valence-corrected chi connectivity index (χ1v) is 9.91. The van der Waals surface area contributed by atoms with Crippen LogP contribution in [-0.4, -0.2) is 27.3 Å². The molecule has 0 unspecified atom stereocenters. The van der Waals surface area contributed by atoms with E-state index in [4.69, 9.17) is 19.0 Å². The lowest BCUT2D eigenvalue weighted by Gasteiger charge is -2.01. The van der Waals surface area contributed by atoms with Gasteiger partial charge in [-0.3, -0.25) is 4.79 Å². The number of nitrogens with zero attached hydrogens (tertiary/aromatic N) is 1. The first kappa shape index (κ1) is 18.7. The minimum Gasteiger partial charge on any atom is -0.455 e. The molecule has 0 atom stereocenters. The largest absolute Gasteiger partial charge is 0.455 e. The Morgan fingerprint density at radius 3 is 2.55 bits per heavy atom. The summed E-state index contributed by atoms with van der Waals surface area (Å²) in [4.78, 5) is 12.2. The average molecular weight is 413 g/mol. The van der Waals surface area contributed by atoms with Crippen molar-refractivity contribution in [3.63, 3.8) is 0 Å². The number of benzene rings is 2. The van der Waals surface area contributed by atoms with Crippen LogP contribution in [0.2, 0.25) is 0 Å². The van der Waals surface area contributed by atoms with Crippen LogP contribution in [0.3, 0.4) is 0 Å². The van der Waals surface area contributed by atoms with E-state index in [9.17, 15) is 13.2 Å². The summed E-state index contributed by atoms with van der Waals surface area (Å²) in [5.41, 5.74) is 3.45. The Labute approximate surface area is 165 Å². The number of carbonyl (C=O) groups is 1. The molecule has 1 aliphatic heterocycles. The number of amides is 1. The van der Waals surface area contributed by atoms with Gasteiger partial charge in [-0.05, 0) is 54.6 Å². The van der Waals surface area contributed by atoms with E-state index in [-0.39, 0.29) is 11.7 Å². The number of primary sulfonamides is 1. The zero-order chi connectivity index (χ0) is 20.4. The van der Waals surface area contributed by atoms with Gasteiger partial charge < -0.3 is 13.9 Å². The van der Waals surface area contributed by atoms with Gasteiger partial charge in [0.15, 0.2) is 11.5 Å². The third-order valence-electron chi connectivity index (χ3n) is 4.09. The molecule has 3 N–H and O–H groups in total. The van der Waals surface area contributed by atoms with Gasteiger partial charge in [0.05, 0.1) is 11.1 Å². The van der Waals surface area contributed by atoms with Gasteiger partial charge in [-0.25, -0.2) is 19.0 Å². The normalized spacial score (nSPS) is 13.0. The molecule has 0 saturated heterocycles. The number of nitrogens with two attached hydrogens (primary N) is 1. The fourth-order valence-corrected chi connectivity index (χ4v) is 3.16. The zero-order valence-electron chi connectivity index (χ0n) is 14.9. The highest BCUT2D eigenvalue weighted by Gasteiger charge is 2.16. The van der Waals surface area contributed by atoms with Crippen LogP contribution in [0.25, 0.3) is 11.3 Å². The minimum absolute atomic E-state index is 0.0146. The van der Waals surface area contributed by atoms with E-state index in [2.05, 4.69) is 10.5 Å².